The van der Waals surface area contributed by atoms with Crippen LogP contribution in [-0.4, -0.2) is 41.4 Å². The van der Waals surface area contributed by atoms with E-state index in [0.717, 1.165) is 36.8 Å². The number of hydroxylamine groups is 1. The maximum Gasteiger partial charge on any atom is 0.325 e. The molecule has 1 aromatic carbocycles. The van der Waals surface area contributed by atoms with Crippen LogP contribution in [0.1, 0.15) is 57.6 Å². The molecule has 1 atom stereocenters. The molecule has 160 valence electrons. The largest absolute Gasteiger partial charge is 0.461 e. The van der Waals surface area contributed by atoms with Gasteiger partial charge in [0.1, 0.15) is 12.1 Å². The van der Waals surface area contributed by atoms with Crippen LogP contribution in [0.15, 0.2) is 30.3 Å². The van der Waals surface area contributed by atoms with Crippen molar-refractivity contribution < 1.29 is 24.3 Å². The Morgan fingerprint density at radius 1 is 1.21 bits per heavy atom. The fraction of sp³-hybridized carbons (Fsp3) is 0.545. The van der Waals surface area contributed by atoms with Crippen LogP contribution >= 0.6 is 0 Å². The van der Waals surface area contributed by atoms with Gasteiger partial charge < -0.3 is 9.47 Å². The SMILES string of the molecule is CC(C)(C)OC[C@H](NCc1ccc(C=CC(=O)NO)cc1)C(=O)OC1CCCC1. The molecule has 0 heterocycles. The van der Waals surface area contributed by atoms with Gasteiger partial charge in [0.05, 0.1) is 12.2 Å². The van der Waals surface area contributed by atoms with Gasteiger partial charge in [-0.15, -0.1) is 0 Å². The van der Waals surface area contributed by atoms with E-state index in [2.05, 4.69) is 5.32 Å². The van der Waals surface area contributed by atoms with Crippen molar-refractivity contribution in [3.05, 3.63) is 41.5 Å². The zero-order valence-corrected chi connectivity index (χ0v) is 17.4. The molecule has 1 aliphatic rings. The second-order valence-electron chi connectivity index (χ2n) is 8.25. The number of amides is 1. The van der Waals surface area contributed by atoms with Crippen molar-refractivity contribution in [1.82, 2.24) is 10.8 Å². The van der Waals surface area contributed by atoms with Gasteiger partial charge in [0.15, 0.2) is 0 Å². The summed E-state index contributed by atoms with van der Waals surface area (Å²) in [6, 6.07) is 6.99. The second-order valence-corrected chi connectivity index (χ2v) is 8.25. The molecule has 0 unspecified atom stereocenters. The number of carbonyl (C=O) groups is 2. The molecule has 0 bridgehead atoms. The van der Waals surface area contributed by atoms with E-state index in [1.54, 1.807) is 11.6 Å². The van der Waals surface area contributed by atoms with E-state index in [1.165, 1.54) is 6.08 Å². The zero-order valence-electron chi connectivity index (χ0n) is 17.4. The van der Waals surface area contributed by atoms with Gasteiger partial charge in [0.25, 0.3) is 5.91 Å². The molecule has 0 saturated heterocycles. The standard InChI is InChI=1S/C22H32N2O5/c1-22(2,3)28-15-19(21(26)29-18-6-4-5-7-18)23-14-17-10-8-16(9-11-17)12-13-20(25)24-27/h8-13,18-19,23,27H,4-7,14-15H2,1-3H3,(H,24,25)/t19-/m0/s1. The summed E-state index contributed by atoms with van der Waals surface area (Å²) in [5.41, 5.74) is 3.02. The fourth-order valence-corrected chi connectivity index (χ4v) is 2.99. The van der Waals surface area contributed by atoms with Gasteiger partial charge in [-0.2, -0.15) is 0 Å². The molecule has 1 fully saturated rings. The lowest BCUT2D eigenvalue weighted by molar-refractivity contribution is -0.154. The Labute approximate surface area is 172 Å². The Bertz CT molecular complexity index is 688. The molecule has 1 amide bonds. The molecule has 29 heavy (non-hydrogen) atoms. The summed E-state index contributed by atoms with van der Waals surface area (Å²) in [6.07, 6.45) is 6.94. The highest BCUT2D eigenvalue weighted by Gasteiger charge is 2.27. The van der Waals surface area contributed by atoms with Gasteiger partial charge in [-0.25, -0.2) is 5.48 Å². The van der Waals surface area contributed by atoms with E-state index in [-0.39, 0.29) is 24.3 Å². The maximum absolute atomic E-state index is 12.6. The van der Waals surface area contributed by atoms with Crippen molar-refractivity contribution in [3.63, 3.8) is 0 Å². The monoisotopic (exact) mass is 404 g/mol. The lowest BCUT2D eigenvalue weighted by atomic mass is 10.1. The van der Waals surface area contributed by atoms with E-state index in [0.29, 0.717) is 6.54 Å². The van der Waals surface area contributed by atoms with Crippen LogP contribution in [0.25, 0.3) is 6.08 Å². The van der Waals surface area contributed by atoms with E-state index in [9.17, 15) is 9.59 Å². The van der Waals surface area contributed by atoms with E-state index < -0.39 is 11.9 Å². The first-order chi connectivity index (χ1) is 13.8. The summed E-state index contributed by atoms with van der Waals surface area (Å²) in [5.74, 6) is -0.853. The molecular weight excluding hydrogens is 372 g/mol. The minimum absolute atomic E-state index is 0.0172. The molecule has 0 aromatic heterocycles. The van der Waals surface area contributed by atoms with Gasteiger partial charge in [0.2, 0.25) is 0 Å². The van der Waals surface area contributed by atoms with Crippen molar-refractivity contribution in [2.24, 2.45) is 0 Å². The Hall–Kier alpha value is -2.22. The number of hydrogen-bond donors (Lipinski definition) is 3. The molecule has 0 spiro atoms. The molecule has 7 heteroatoms. The molecule has 1 saturated carbocycles. The van der Waals surface area contributed by atoms with Crippen molar-refractivity contribution in [2.45, 2.75) is 70.7 Å². The number of carbonyl (C=O) groups excluding carboxylic acids is 2. The number of rotatable bonds is 9. The summed E-state index contributed by atoms with van der Waals surface area (Å²) in [4.78, 5) is 23.7. The predicted octanol–water partition coefficient (Wildman–Crippen LogP) is 2.96. The molecule has 2 rings (SSSR count). The average molecular weight is 405 g/mol. The lowest BCUT2D eigenvalue weighted by Crippen LogP contribution is -2.44. The minimum Gasteiger partial charge on any atom is -0.461 e. The summed E-state index contributed by atoms with van der Waals surface area (Å²) in [7, 11) is 0. The molecular formula is C22H32N2O5. The molecule has 0 radical (unpaired) electrons. The minimum atomic E-state index is -0.585. The zero-order chi connectivity index (χ0) is 21.3. The first-order valence-electron chi connectivity index (χ1n) is 10.1. The van der Waals surface area contributed by atoms with Crippen molar-refractivity contribution in [2.75, 3.05) is 6.61 Å². The Morgan fingerprint density at radius 3 is 2.45 bits per heavy atom. The first kappa shape index (κ1) is 23.1. The van der Waals surface area contributed by atoms with Gasteiger partial charge >= 0.3 is 5.97 Å². The topological polar surface area (TPSA) is 96.9 Å². The number of benzene rings is 1. The molecule has 1 aromatic rings. The normalized spacial score (nSPS) is 16.1. The summed E-state index contributed by atoms with van der Waals surface area (Å²) in [5, 5.41) is 11.7. The number of ether oxygens (including phenoxy) is 2. The Balaban J connectivity index is 1.93. The van der Waals surface area contributed by atoms with E-state index >= 15 is 0 Å². The third-order valence-corrected chi connectivity index (χ3v) is 4.62. The quantitative estimate of drug-likeness (QED) is 0.253. The number of nitrogens with one attached hydrogen (secondary N) is 2. The smallest absolute Gasteiger partial charge is 0.325 e. The van der Waals surface area contributed by atoms with Gasteiger partial charge in [-0.1, -0.05) is 24.3 Å². The summed E-state index contributed by atoms with van der Waals surface area (Å²) in [6.45, 7) is 6.59. The summed E-state index contributed by atoms with van der Waals surface area (Å²) < 4.78 is 11.5. The summed E-state index contributed by atoms with van der Waals surface area (Å²) >= 11 is 0. The van der Waals surface area contributed by atoms with E-state index in [1.807, 2.05) is 45.0 Å². The van der Waals surface area contributed by atoms with E-state index in [4.69, 9.17) is 14.7 Å². The van der Waals surface area contributed by atoms with Gasteiger partial charge in [0, 0.05) is 12.6 Å². The van der Waals surface area contributed by atoms with Crippen LogP contribution in [-0.2, 0) is 25.6 Å². The van der Waals surface area contributed by atoms with Crippen LogP contribution in [0.2, 0.25) is 0 Å². The van der Waals surface area contributed by atoms with Crippen LogP contribution in [0.4, 0.5) is 0 Å². The van der Waals surface area contributed by atoms with Crippen LogP contribution in [0.3, 0.4) is 0 Å². The second kappa shape index (κ2) is 11.1. The number of esters is 1. The van der Waals surface area contributed by atoms with Gasteiger partial charge in [-0.05, 0) is 63.7 Å². The Kier molecular flexibility index (Phi) is 8.82. The van der Waals surface area contributed by atoms with Crippen molar-refractivity contribution in [1.29, 1.82) is 0 Å². The van der Waals surface area contributed by atoms with Gasteiger partial charge in [-0.3, -0.25) is 20.1 Å². The highest BCUT2D eigenvalue weighted by molar-refractivity contribution is 5.90. The van der Waals surface area contributed by atoms with Crippen molar-refractivity contribution in [3.8, 4) is 0 Å². The predicted molar refractivity (Wildman–Crippen MR) is 110 cm³/mol. The van der Waals surface area contributed by atoms with Crippen LogP contribution < -0.4 is 10.8 Å². The fourth-order valence-electron chi connectivity index (χ4n) is 2.99. The highest BCUT2D eigenvalue weighted by Crippen LogP contribution is 2.21. The molecule has 1 aliphatic carbocycles. The highest BCUT2D eigenvalue weighted by atomic mass is 16.6. The molecule has 3 N–H and O–H groups in total. The average Bonchev–Trinajstić information content (AvgIpc) is 3.19. The Morgan fingerprint density at radius 2 is 1.86 bits per heavy atom. The molecule has 7 nitrogen and oxygen atoms in total. The lowest BCUT2D eigenvalue weighted by Gasteiger charge is -2.25. The third kappa shape index (κ3) is 8.77. The van der Waals surface area contributed by atoms with Crippen LogP contribution in [0.5, 0.6) is 0 Å². The van der Waals surface area contributed by atoms with Crippen LogP contribution in [0, 0.1) is 0 Å². The van der Waals surface area contributed by atoms with Crippen molar-refractivity contribution >= 4 is 18.0 Å². The molecule has 0 aliphatic heterocycles. The third-order valence-electron chi connectivity index (χ3n) is 4.62. The number of hydrogen-bond acceptors (Lipinski definition) is 6. The first-order valence-corrected chi connectivity index (χ1v) is 10.1. The maximum atomic E-state index is 12.6.